The second-order valence-electron chi connectivity index (χ2n) is 5.91. The van der Waals surface area contributed by atoms with Crippen LogP contribution in [0.3, 0.4) is 0 Å². The number of rotatable bonds is 3. The Morgan fingerprint density at radius 3 is 2.52 bits per heavy atom. The first-order chi connectivity index (χ1) is 10.3. The normalized spacial score (nSPS) is 18.0. The van der Waals surface area contributed by atoms with Gasteiger partial charge >= 0.3 is 0 Å². The molecule has 0 spiro atoms. The molecule has 0 radical (unpaired) electrons. The summed E-state index contributed by atoms with van der Waals surface area (Å²) in [5.74, 6) is 0.660. The molecule has 0 heterocycles. The van der Waals surface area contributed by atoms with Gasteiger partial charge in [0, 0.05) is 10.7 Å². The molecule has 0 N–H and O–H groups in total. The fourth-order valence-corrected chi connectivity index (χ4v) is 4.20. The third kappa shape index (κ3) is 2.40. The van der Waals surface area contributed by atoms with Crippen LogP contribution < -0.4 is 0 Å². The van der Waals surface area contributed by atoms with Crippen molar-refractivity contribution >= 4 is 26.7 Å². The summed E-state index contributed by atoms with van der Waals surface area (Å²) in [5, 5.41) is 2.66. The fourth-order valence-electron chi connectivity index (χ4n) is 3.35. The van der Waals surface area contributed by atoms with Crippen LogP contribution in [0.15, 0.2) is 66.7 Å². The number of benzene rings is 3. The molecule has 0 saturated heterocycles. The minimum Gasteiger partial charge on any atom is -0.0880 e. The molecule has 3 aromatic carbocycles. The molecular formula is C20H17Br. The molecule has 0 fully saturated rings. The maximum absolute atomic E-state index is 3.93. The second-order valence-corrected chi connectivity index (χ2v) is 7.09. The fraction of sp³-hybridized carbons (Fsp3) is 0.200. The Bertz CT molecular complexity index is 790. The molecule has 0 aromatic heterocycles. The summed E-state index contributed by atoms with van der Waals surface area (Å²) in [4.78, 5) is 0.522. The SMILES string of the molecule is BrC(Cc1ccc2ccccc2c1)C1Cc2ccccc21. The number of alkyl halides is 1. The van der Waals surface area contributed by atoms with E-state index in [4.69, 9.17) is 0 Å². The van der Waals surface area contributed by atoms with E-state index in [1.54, 1.807) is 0 Å². The topological polar surface area (TPSA) is 0 Å². The van der Waals surface area contributed by atoms with E-state index < -0.39 is 0 Å². The predicted molar refractivity (Wildman–Crippen MR) is 93.3 cm³/mol. The van der Waals surface area contributed by atoms with Gasteiger partial charge in [-0.15, -0.1) is 0 Å². The van der Waals surface area contributed by atoms with Crippen LogP contribution in [-0.4, -0.2) is 4.83 Å². The first kappa shape index (κ1) is 13.1. The van der Waals surface area contributed by atoms with Gasteiger partial charge < -0.3 is 0 Å². The van der Waals surface area contributed by atoms with Gasteiger partial charge in [-0.25, -0.2) is 0 Å². The predicted octanol–water partition coefficient (Wildman–Crippen LogP) is 5.49. The van der Waals surface area contributed by atoms with Crippen molar-refractivity contribution in [2.24, 2.45) is 0 Å². The van der Waals surface area contributed by atoms with Crippen molar-refractivity contribution in [2.45, 2.75) is 23.6 Å². The molecule has 104 valence electrons. The quantitative estimate of drug-likeness (QED) is 0.555. The summed E-state index contributed by atoms with van der Waals surface area (Å²) in [7, 11) is 0. The minimum absolute atomic E-state index is 0.522. The van der Waals surface area contributed by atoms with E-state index in [1.165, 1.54) is 33.9 Å². The molecule has 3 aromatic rings. The van der Waals surface area contributed by atoms with Crippen LogP contribution in [0.25, 0.3) is 10.8 Å². The first-order valence-electron chi connectivity index (χ1n) is 7.51. The molecule has 1 heteroatoms. The van der Waals surface area contributed by atoms with E-state index in [0.717, 1.165) is 6.42 Å². The van der Waals surface area contributed by atoms with Crippen molar-refractivity contribution in [2.75, 3.05) is 0 Å². The molecule has 4 rings (SSSR count). The summed E-state index contributed by atoms with van der Waals surface area (Å²) in [5.41, 5.74) is 4.46. The van der Waals surface area contributed by atoms with Gasteiger partial charge in [0.1, 0.15) is 0 Å². The van der Waals surface area contributed by atoms with Crippen LogP contribution in [0.1, 0.15) is 22.6 Å². The number of fused-ring (bicyclic) bond motifs is 2. The number of halogens is 1. The van der Waals surface area contributed by atoms with Crippen molar-refractivity contribution in [3.05, 3.63) is 83.4 Å². The minimum atomic E-state index is 0.522. The van der Waals surface area contributed by atoms with E-state index in [-0.39, 0.29) is 0 Å². The zero-order chi connectivity index (χ0) is 14.2. The lowest BCUT2D eigenvalue weighted by Crippen LogP contribution is -2.26. The van der Waals surface area contributed by atoms with E-state index >= 15 is 0 Å². The Balaban J connectivity index is 1.55. The molecule has 0 amide bonds. The maximum Gasteiger partial charge on any atom is 0.0258 e. The van der Waals surface area contributed by atoms with Gasteiger partial charge in [-0.3, -0.25) is 0 Å². The van der Waals surface area contributed by atoms with Gasteiger partial charge in [0.05, 0.1) is 0 Å². The summed E-state index contributed by atoms with van der Waals surface area (Å²) in [6, 6.07) is 24.2. The molecule has 2 unspecified atom stereocenters. The first-order valence-corrected chi connectivity index (χ1v) is 8.42. The zero-order valence-electron chi connectivity index (χ0n) is 11.8. The lowest BCUT2D eigenvalue weighted by Gasteiger charge is -2.34. The van der Waals surface area contributed by atoms with E-state index in [9.17, 15) is 0 Å². The highest BCUT2D eigenvalue weighted by molar-refractivity contribution is 9.09. The second kappa shape index (κ2) is 5.31. The van der Waals surface area contributed by atoms with Crippen LogP contribution in [0, 0.1) is 0 Å². The van der Waals surface area contributed by atoms with Gasteiger partial charge in [-0.1, -0.05) is 82.7 Å². The molecule has 2 atom stereocenters. The standard InChI is InChI=1S/C20H17Br/c21-20(19-13-17-7-3-4-8-18(17)19)12-14-9-10-15-5-1-2-6-16(15)11-14/h1-11,19-20H,12-13H2. The lowest BCUT2D eigenvalue weighted by molar-refractivity contribution is 0.581. The van der Waals surface area contributed by atoms with Crippen LogP contribution in [0.2, 0.25) is 0 Å². The number of hydrogen-bond acceptors (Lipinski definition) is 0. The van der Waals surface area contributed by atoms with E-state index in [0.29, 0.717) is 10.7 Å². The third-order valence-electron chi connectivity index (χ3n) is 4.58. The third-order valence-corrected chi connectivity index (χ3v) is 5.54. The Hall–Kier alpha value is -1.60. The number of hydrogen-bond donors (Lipinski definition) is 0. The summed E-state index contributed by atoms with van der Waals surface area (Å²) in [6.45, 7) is 0. The largest absolute Gasteiger partial charge is 0.0880 e. The van der Waals surface area contributed by atoms with Crippen molar-refractivity contribution in [3.8, 4) is 0 Å². The van der Waals surface area contributed by atoms with Crippen LogP contribution >= 0.6 is 15.9 Å². The van der Waals surface area contributed by atoms with Crippen LogP contribution in [0.4, 0.5) is 0 Å². The van der Waals surface area contributed by atoms with Crippen molar-refractivity contribution in [1.29, 1.82) is 0 Å². The zero-order valence-corrected chi connectivity index (χ0v) is 13.4. The average molecular weight is 337 g/mol. The molecule has 21 heavy (non-hydrogen) atoms. The molecular weight excluding hydrogens is 320 g/mol. The van der Waals surface area contributed by atoms with Crippen molar-refractivity contribution < 1.29 is 0 Å². The Morgan fingerprint density at radius 1 is 0.905 bits per heavy atom. The molecule has 0 bridgehead atoms. The molecule has 1 aliphatic carbocycles. The lowest BCUT2D eigenvalue weighted by atomic mass is 9.75. The maximum atomic E-state index is 3.93. The Kier molecular flexibility index (Phi) is 3.31. The van der Waals surface area contributed by atoms with Crippen LogP contribution in [-0.2, 0) is 12.8 Å². The van der Waals surface area contributed by atoms with E-state index in [2.05, 4.69) is 82.7 Å². The molecule has 0 nitrogen and oxygen atoms in total. The van der Waals surface area contributed by atoms with Gasteiger partial charge in [0.15, 0.2) is 0 Å². The monoisotopic (exact) mass is 336 g/mol. The Morgan fingerprint density at radius 2 is 1.67 bits per heavy atom. The summed E-state index contributed by atoms with van der Waals surface area (Å²) in [6.07, 6.45) is 2.30. The van der Waals surface area contributed by atoms with Crippen LogP contribution in [0.5, 0.6) is 0 Å². The Labute approximate surface area is 133 Å². The molecule has 0 aliphatic heterocycles. The summed E-state index contributed by atoms with van der Waals surface area (Å²) < 4.78 is 0. The van der Waals surface area contributed by atoms with E-state index in [1.807, 2.05) is 0 Å². The van der Waals surface area contributed by atoms with Gasteiger partial charge in [0.2, 0.25) is 0 Å². The average Bonchev–Trinajstić information content (AvgIpc) is 2.48. The molecule has 0 saturated carbocycles. The highest BCUT2D eigenvalue weighted by Gasteiger charge is 2.31. The smallest absolute Gasteiger partial charge is 0.0258 e. The molecule has 1 aliphatic rings. The van der Waals surface area contributed by atoms with Gasteiger partial charge in [-0.2, -0.15) is 0 Å². The highest BCUT2D eigenvalue weighted by Crippen LogP contribution is 2.41. The summed E-state index contributed by atoms with van der Waals surface area (Å²) >= 11 is 3.93. The van der Waals surface area contributed by atoms with Gasteiger partial charge in [-0.05, 0) is 40.3 Å². The highest BCUT2D eigenvalue weighted by atomic mass is 79.9. The van der Waals surface area contributed by atoms with Crippen molar-refractivity contribution in [3.63, 3.8) is 0 Å². The van der Waals surface area contributed by atoms with Crippen molar-refractivity contribution in [1.82, 2.24) is 0 Å². The van der Waals surface area contributed by atoms with Gasteiger partial charge in [0.25, 0.3) is 0 Å².